The zero-order chi connectivity index (χ0) is 90.6. The molecule has 6 nitrogen and oxygen atoms in total. The van der Waals surface area contributed by atoms with Crippen LogP contribution in [0, 0.1) is 0 Å². The quantitative estimate of drug-likeness (QED) is 0.135. The summed E-state index contributed by atoms with van der Waals surface area (Å²) < 4.78 is 10.8. The maximum atomic E-state index is 5.04. The van der Waals surface area contributed by atoms with Gasteiger partial charge in [0.05, 0.1) is 69.4 Å². The van der Waals surface area contributed by atoms with Crippen molar-refractivity contribution in [1.82, 2.24) is 28.7 Å². The summed E-state index contributed by atoms with van der Waals surface area (Å²) in [5.74, 6) is 0. The minimum absolute atomic E-state index is 1.04. The van der Waals surface area contributed by atoms with Crippen molar-refractivity contribution in [3.63, 3.8) is 0 Å². The van der Waals surface area contributed by atoms with Crippen LogP contribution >= 0.6 is 34.0 Å². The first kappa shape index (κ1) is 79.3. The van der Waals surface area contributed by atoms with E-state index in [2.05, 4.69) is 481 Å². The Hall–Kier alpha value is -17.3. The Morgan fingerprint density at radius 1 is 0.145 bits per heavy atom. The number of para-hydroxylation sites is 7. The Labute approximate surface area is 804 Å². The molecule has 0 radical (unpaired) electrons. The Morgan fingerprint density at radius 2 is 0.406 bits per heavy atom. The second-order valence-corrected chi connectivity index (χ2v) is 39.0. The number of rotatable bonds is 9. The highest BCUT2D eigenvalue weighted by atomic mass is 32.1. The van der Waals surface area contributed by atoms with Gasteiger partial charge in [0, 0.05) is 60.4 Å². The van der Waals surface area contributed by atoms with E-state index in [-0.39, 0.29) is 0 Å². The molecule has 0 fully saturated rings. The highest BCUT2D eigenvalue weighted by molar-refractivity contribution is 7.22. The number of nitrogens with zero attached hydrogens (tertiary/aromatic N) is 6. The lowest BCUT2D eigenvalue weighted by atomic mass is 9.92. The van der Waals surface area contributed by atoms with Crippen LogP contribution in [0.3, 0.4) is 0 Å². The van der Waals surface area contributed by atoms with E-state index in [0.29, 0.717) is 0 Å². The molecule has 9 heteroatoms. The van der Waals surface area contributed by atoms with Crippen molar-refractivity contribution >= 4 is 227 Å². The fourth-order valence-electron chi connectivity index (χ4n) is 21.9. The van der Waals surface area contributed by atoms with Gasteiger partial charge in [-0.25, -0.2) is 15.0 Å². The molecule has 0 N–H and O–H groups in total. The van der Waals surface area contributed by atoms with Crippen LogP contribution < -0.4 is 0 Å². The van der Waals surface area contributed by atoms with E-state index in [4.69, 9.17) is 15.0 Å². The van der Waals surface area contributed by atoms with Gasteiger partial charge in [-0.15, -0.1) is 34.0 Å². The Balaban J connectivity index is 0.000000102. The smallest absolute Gasteiger partial charge is 0.126 e. The lowest BCUT2D eigenvalue weighted by molar-refractivity contribution is 1.18. The minimum Gasteiger partial charge on any atom is -0.309 e. The molecule has 6 aromatic heterocycles. The summed E-state index contributed by atoms with van der Waals surface area (Å²) >= 11 is 5.24. The average molecular weight is 1810 g/mol. The van der Waals surface area contributed by atoms with Crippen molar-refractivity contribution in [2.45, 2.75) is 0 Å². The molecule has 6 heterocycles. The van der Waals surface area contributed by atoms with Gasteiger partial charge in [0.15, 0.2) is 0 Å². The van der Waals surface area contributed by atoms with Crippen LogP contribution in [0.4, 0.5) is 0 Å². The van der Waals surface area contributed by atoms with Gasteiger partial charge < -0.3 is 13.7 Å². The molecule has 0 aliphatic heterocycles. The van der Waals surface area contributed by atoms with Gasteiger partial charge in [0.2, 0.25) is 0 Å². The van der Waals surface area contributed by atoms with Crippen LogP contribution in [0.2, 0.25) is 0 Å². The van der Waals surface area contributed by atoms with E-state index in [9.17, 15) is 0 Å². The number of benzene rings is 24. The van der Waals surface area contributed by atoms with E-state index in [0.717, 1.165) is 65.3 Å². The van der Waals surface area contributed by atoms with E-state index in [1.54, 1.807) is 34.0 Å². The summed E-state index contributed by atoms with van der Waals surface area (Å²) in [5.41, 5.74) is 24.5. The van der Waals surface area contributed by atoms with Crippen molar-refractivity contribution in [2.24, 2.45) is 0 Å². The molecular formula is C129H78N6S3. The molecule has 0 atom stereocenters. The molecule has 0 saturated heterocycles. The Kier molecular flexibility index (Phi) is 18.5. The second-order valence-electron chi connectivity index (χ2n) is 35.9. The standard InChI is InChI=1S/3C43H26N2S/c1-2-13-31-29(11-1)30-12-3-4-14-32(30)36-25-27(21-23-33(31)36)28-22-24-41-37(26-28)34-15-5-8-18-39(34)45(41)40-19-9-6-16-35(40)43-44-38-17-7-10-20-42(38)46-43;1-2-14-33-31(12-1)32-13-3-4-15-34(32)37-25-27(20-22-35(33)37)28-21-23-41-38(26-28)36-16-5-7-18-40(36)45(41)30-11-9-10-29(24-30)43-44-39-17-6-8-19-42(39)46-43;1-2-11-33-31(9-1)32-10-3-4-12-34(32)37-25-28(19-23-35(33)37)29-20-24-41-38(26-29)36-13-5-7-15-40(36)45(41)30-21-17-27(18-22-30)43-44-39-14-6-8-16-42(39)46-43/h3*1-26H. The van der Waals surface area contributed by atoms with Crippen LogP contribution in [0.25, 0.3) is 275 Å². The molecule has 0 unspecified atom stereocenters. The van der Waals surface area contributed by atoms with Gasteiger partial charge in [0.25, 0.3) is 0 Å². The van der Waals surface area contributed by atoms with Crippen molar-refractivity contribution in [1.29, 1.82) is 0 Å². The lowest BCUT2D eigenvalue weighted by Crippen LogP contribution is -1.96. The zero-order valence-corrected chi connectivity index (χ0v) is 76.9. The van der Waals surface area contributed by atoms with Gasteiger partial charge in [-0.3, -0.25) is 0 Å². The number of hydrogen-bond acceptors (Lipinski definition) is 6. The van der Waals surface area contributed by atoms with Gasteiger partial charge in [-0.05, 0) is 288 Å². The molecule has 0 saturated carbocycles. The summed E-state index contributed by atoms with van der Waals surface area (Å²) in [5, 5.41) is 34.0. The molecule has 0 aliphatic rings. The fourth-order valence-corrected chi connectivity index (χ4v) is 24.8. The first-order valence-electron chi connectivity index (χ1n) is 46.9. The van der Waals surface area contributed by atoms with Crippen molar-refractivity contribution in [2.75, 3.05) is 0 Å². The number of fused-ring (bicyclic) bond motifs is 30. The number of aromatic nitrogens is 6. The Morgan fingerprint density at radius 3 is 0.790 bits per heavy atom. The highest BCUT2D eigenvalue weighted by Gasteiger charge is 2.24. The van der Waals surface area contributed by atoms with Crippen LogP contribution in [0.5, 0.6) is 0 Å². The Bertz CT molecular complexity index is 10100. The average Bonchev–Trinajstić information content (AvgIpc) is 1.68. The molecule has 138 heavy (non-hydrogen) atoms. The SMILES string of the molecule is c1cc(-c2nc3ccccc3s2)cc(-n2c3ccccc3c3cc(-c4ccc5c6ccccc6c6ccccc6c5c4)ccc32)c1.c1ccc(-n2c3ccccc3c3cc(-c4ccc5c6ccccc6c6ccccc6c5c4)ccc32)c(-c2nc3ccccc3s2)c1.c1ccc2sc(-c3ccc(-n4c5ccccc5c5cc(-c6ccc7c8ccccc8c8ccccc8c7c6)ccc54)cc3)nc2c1. The highest BCUT2D eigenvalue weighted by Crippen LogP contribution is 2.48. The number of thiazole rings is 3. The maximum absolute atomic E-state index is 5.04. The van der Waals surface area contributed by atoms with Gasteiger partial charge >= 0.3 is 0 Å². The third-order valence-electron chi connectivity index (χ3n) is 28.2. The van der Waals surface area contributed by atoms with E-state index >= 15 is 0 Å². The van der Waals surface area contributed by atoms with E-state index < -0.39 is 0 Å². The predicted octanol–water partition coefficient (Wildman–Crippen LogP) is 36.6. The molecule has 30 rings (SSSR count). The molecule has 0 spiro atoms. The van der Waals surface area contributed by atoms with E-state index in [1.165, 1.54) is 210 Å². The molecule has 0 bridgehead atoms. The maximum Gasteiger partial charge on any atom is 0.126 e. The third kappa shape index (κ3) is 13.0. The molecule has 0 aliphatic carbocycles. The third-order valence-corrected chi connectivity index (χ3v) is 31.5. The second kappa shape index (κ2) is 32.2. The fraction of sp³-hybridized carbons (Fsp3) is 0. The summed E-state index contributed by atoms with van der Waals surface area (Å²) in [4.78, 5) is 14.9. The van der Waals surface area contributed by atoms with Crippen molar-refractivity contribution < 1.29 is 0 Å². The van der Waals surface area contributed by atoms with Gasteiger partial charge in [0.1, 0.15) is 15.0 Å². The first-order valence-corrected chi connectivity index (χ1v) is 49.4. The molecular weight excluding hydrogens is 1730 g/mol. The summed E-state index contributed by atoms with van der Waals surface area (Å²) in [6, 6.07) is 172. The van der Waals surface area contributed by atoms with Crippen LogP contribution in [-0.4, -0.2) is 28.7 Å². The van der Waals surface area contributed by atoms with Crippen molar-refractivity contribution in [3.8, 4) is 82.2 Å². The normalized spacial score (nSPS) is 11.9. The van der Waals surface area contributed by atoms with Crippen molar-refractivity contribution in [3.05, 3.63) is 473 Å². The molecule has 24 aromatic carbocycles. The summed E-state index contributed by atoms with van der Waals surface area (Å²) in [6.07, 6.45) is 0. The molecule has 0 amide bonds. The topological polar surface area (TPSA) is 53.5 Å². The predicted molar refractivity (Wildman–Crippen MR) is 592 cm³/mol. The molecule has 642 valence electrons. The van der Waals surface area contributed by atoms with E-state index in [1.807, 2.05) is 6.07 Å². The largest absolute Gasteiger partial charge is 0.309 e. The van der Waals surface area contributed by atoms with Crippen LogP contribution in [0.15, 0.2) is 473 Å². The van der Waals surface area contributed by atoms with Crippen LogP contribution in [-0.2, 0) is 0 Å². The lowest BCUT2D eigenvalue weighted by Gasteiger charge is -2.13. The first-order chi connectivity index (χ1) is 68.4. The summed E-state index contributed by atoms with van der Waals surface area (Å²) in [6.45, 7) is 0. The van der Waals surface area contributed by atoms with Crippen LogP contribution in [0.1, 0.15) is 0 Å². The summed E-state index contributed by atoms with van der Waals surface area (Å²) in [7, 11) is 0. The van der Waals surface area contributed by atoms with Gasteiger partial charge in [-0.2, -0.15) is 0 Å². The number of hydrogen-bond donors (Lipinski definition) is 0. The monoisotopic (exact) mass is 1810 g/mol. The zero-order valence-electron chi connectivity index (χ0n) is 74.4. The van der Waals surface area contributed by atoms with Gasteiger partial charge in [-0.1, -0.05) is 315 Å². The molecule has 30 aromatic rings. The minimum atomic E-state index is 1.04.